The van der Waals surface area contributed by atoms with E-state index in [4.69, 9.17) is 0 Å². The van der Waals surface area contributed by atoms with Gasteiger partial charge in [-0.25, -0.2) is 4.98 Å². The molecule has 0 aliphatic rings. The first-order chi connectivity index (χ1) is 9.67. The molecular weight excluding hydrogens is 336 g/mol. The van der Waals surface area contributed by atoms with E-state index in [-0.39, 0.29) is 6.04 Å². The van der Waals surface area contributed by atoms with E-state index in [2.05, 4.69) is 50.6 Å². The molecule has 0 aromatic carbocycles. The van der Waals surface area contributed by atoms with Gasteiger partial charge in [-0.05, 0) is 35.3 Å². The Balaban J connectivity index is 2.21. The molecule has 0 saturated carbocycles. The van der Waals surface area contributed by atoms with Crippen LogP contribution < -0.4 is 5.32 Å². The van der Waals surface area contributed by atoms with Crippen molar-refractivity contribution in [2.75, 3.05) is 6.54 Å². The lowest BCUT2D eigenvalue weighted by molar-refractivity contribution is 0.503. The van der Waals surface area contributed by atoms with Crippen molar-refractivity contribution in [2.24, 2.45) is 7.05 Å². The highest BCUT2D eigenvalue weighted by Gasteiger charge is 2.19. The molecule has 1 atom stereocenters. The molecule has 1 N–H and O–H groups in total. The van der Waals surface area contributed by atoms with Crippen LogP contribution in [0.1, 0.15) is 43.4 Å². The number of hydrogen-bond donors (Lipinski definition) is 1. The summed E-state index contributed by atoms with van der Waals surface area (Å²) >= 11 is 5.34. The molecule has 2 rings (SSSR count). The third-order valence-corrected chi connectivity index (χ3v) is 4.87. The lowest BCUT2D eigenvalue weighted by atomic mass is 10.1. The van der Waals surface area contributed by atoms with E-state index in [1.165, 1.54) is 5.69 Å². The zero-order valence-electron chi connectivity index (χ0n) is 12.2. The van der Waals surface area contributed by atoms with Crippen LogP contribution in [0.15, 0.2) is 15.4 Å². The highest BCUT2D eigenvalue weighted by molar-refractivity contribution is 9.10. The minimum atomic E-state index is 0.248. The molecule has 0 bridgehead atoms. The van der Waals surface area contributed by atoms with Gasteiger partial charge < -0.3 is 5.32 Å². The summed E-state index contributed by atoms with van der Waals surface area (Å²) in [7, 11) is 2.01. The Morgan fingerprint density at radius 1 is 1.45 bits per heavy atom. The molecule has 20 heavy (non-hydrogen) atoms. The number of rotatable bonds is 7. The maximum atomic E-state index is 4.57. The second kappa shape index (κ2) is 7.33. The smallest absolute Gasteiger partial charge is 0.0795 e. The van der Waals surface area contributed by atoms with Crippen molar-refractivity contribution in [3.05, 3.63) is 32.4 Å². The van der Waals surface area contributed by atoms with Crippen molar-refractivity contribution < 1.29 is 0 Å². The summed E-state index contributed by atoms with van der Waals surface area (Å²) in [4.78, 5) is 4.46. The van der Waals surface area contributed by atoms with Gasteiger partial charge in [0.15, 0.2) is 0 Å². The maximum absolute atomic E-state index is 4.57. The van der Waals surface area contributed by atoms with Gasteiger partial charge in [-0.3, -0.25) is 4.68 Å². The first-order valence-electron chi connectivity index (χ1n) is 6.99. The third-order valence-electron chi connectivity index (χ3n) is 3.35. The number of nitrogens with zero attached hydrogens (tertiary/aromatic N) is 3. The van der Waals surface area contributed by atoms with Crippen molar-refractivity contribution >= 4 is 27.3 Å². The van der Waals surface area contributed by atoms with Crippen molar-refractivity contribution in [2.45, 2.75) is 39.2 Å². The van der Waals surface area contributed by atoms with Crippen molar-refractivity contribution in [1.82, 2.24) is 20.1 Å². The van der Waals surface area contributed by atoms with Crippen LogP contribution in [0.5, 0.6) is 0 Å². The summed E-state index contributed by atoms with van der Waals surface area (Å²) in [5.74, 6) is 0. The SMILES string of the molecule is CCCNC(Cc1c(Br)c(CC)nn1C)c1cscn1. The van der Waals surface area contributed by atoms with Gasteiger partial charge in [0, 0.05) is 18.8 Å². The molecule has 2 heterocycles. The molecule has 0 saturated heterocycles. The lowest BCUT2D eigenvalue weighted by Crippen LogP contribution is -2.25. The van der Waals surface area contributed by atoms with E-state index in [1.807, 2.05) is 17.2 Å². The monoisotopic (exact) mass is 356 g/mol. The van der Waals surface area contributed by atoms with E-state index < -0.39 is 0 Å². The summed E-state index contributed by atoms with van der Waals surface area (Å²) in [6, 6.07) is 0.248. The number of nitrogens with one attached hydrogen (secondary N) is 1. The van der Waals surface area contributed by atoms with E-state index >= 15 is 0 Å². The molecule has 6 heteroatoms. The molecule has 110 valence electrons. The molecule has 0 aliphatic carbocycles. The highest BCUT2D eigenvalue weighted by Crippen LogP contribution is 2.26. The molecule has 0 fully saturated rings. The Morgan fingerprint density at radius 3 is 2.80 bits per heavy atom. The largest absolute Gasteiger partial charge is 0.308 e. The summed E-state index contributed by atoms with van der Waals surface area (Å²) < 4.78 is 3.12. The van der Waals surface area contributed by atoms with Crippen LogP contribution in [0.4, 0.5) is 0 Å². The molecule has 2 aromatic heterocycles. The first kappa shape index (κ1) is 15.7. The van der Waals surface area contributed by atoms with Crippen LogP contribution in [-0.4, -0.2) is 21.3 Å². The second-order valence-electron chi connectivity index (χ2n) is 4.81. The quantitative estimate of drug-likeness (QED) is 0.825. The Labute approximate surface area is 132 Å². The van der Waals surface area contributed by atoms with Crippen LogP contribution in [-0.2, 0) is 19.9 Å². The van der Waals surface area contributed by atoms with Gasteiger partial charge in [-0.1, -0.05) is 13.8 Å². The summed E-state index contributed by atoms with van der Waals surface area (Å²) in [6.45, 7) is 5.31. The fraction of sp³-hybridized carbons (Fsp3) is 0.571. The summed E-state index contributed by atoms with van der Waals surface area (Å²) in [5.41, 5.74) is 5.36. The average molecular weight is 357 g/mol. The minimum Gasteiger partial charge on any atom is -0.308 e. The standard InChI is InChI=1S/C14H21BrN4S/c1-4-6-16-11(12-8-20-9-17-12)7-13-14(15)10(5-2)18-19(13)3/h8-9,11,16H,4-7H2,1-3H3. The topological polar surface area (TPSA) is 42.7 Å². The normalized spacial score (nSPS) is 12.8. The highest BCUT2D eigenvalue weighted by atomic mass is 79.9. The van der Waals surface area contributed by atoms with Crippen LogP contribution in [0, 0.1) is 0 Å². The van der Waals surface area contributed by atoms with Gasteiger partial charge in [0.2, 0.25) is 0 Å². The zero-order chi connectivity index (χ0) is 14.5. The average Bonchev–Trinajstić information content (AvgIpc) is 3.05. The first-order valence-corrected chi connectivity index (χ1v) is 8.72. The van der Waals surface area contributed by atoms with Gasteiger partial charge in [-0.2, -0.15) is 5.10 Å². The number of thiazole rings is 1. The van der Waals surface area contributed by atoms with Gasteiger partial charge in [0.25, 0.3) is 0 Å². The van der Waals surface area contributed by atoms with Crippen LogP contribution >= 0.6 is 27.3 Å². The molecule has 0 radical (unpaired) electrons. The van der Waals surface area contributed by atoms with Gasteiger partial charge in [0.05, 0.1) is 33.1 Å². The summed E-state index contributed by atoms with van der Waals surface area (Å²) in [6.07, 6.45) is 2.96. The molecule has 2 aromatic rings. The molecule has 1 unspecified atom stereocenters. The van der Waals surface area contributed by atoms with Gasteiger partial charge in [0.1, 0.15) is 0 Å². The molecule has 0 spiro atoms. The molecule has 0 aliphatic heterocycles. The third kappa shape index (κ3) is 3.48. The van der Waals surface area contributed by atoms with Crippen LogP contribution in [0.25, 0.3) is 0 Å². The Morgan fingerprint density at radius 2 is 2.25 bits per heavy atom. The zero-order valence-corrected chi connectivity index (χ0v) is 14.6. The molecular formula is C14H21BrN4S. The molecule has 0 amide bonds. The van der Waals surface area contributed by atoms with Crippen molar-refractivity contribution in [3.63, 3.8) is 0 Å². The Hall–Kier alpha value is -0.720. The van der Waals surface area contributed by atoms with E-state index in [0.29, 0.717) is 0 Å². The van der Waals surface area contributed by atoms with Crippen molar-refractivity contribution in [1.29, 1.82) is 0 Å². The number of aryl methyl sites for hydroxylation is 2. The number of aromatic nitrogens is 3. The predicted octanol–water partition coefficient (Wildman–Crippen LogP) is 3.48. The lowest BCUT2D eigenvalue weighted by Gasteiger charge is -2.17. The predicted molar refractivity (Wildman–Crippen MR) is 87.1 cm³/mol. The Bertz CT molecular complexity index is 536. The van der Waals surface area contributed by atoms with Crippen molar-refractivity contribution in [3.8, 4) is 0 Å². The molecule has 4 nitrogen and oxygen atoms in total. The second-order valence-corrected chi connectivity index (χ2v) is 6.32. The number of halogens is 1. The van der Waals surface area contributed by atoms with Crippen LogP contribution in [0.3, 0.4) is 0 Å². The number of hydrogen-bond acceptors (Lipinski definition) is 4. The Kier molecular flexibility index (Phi) is 5.74. The van der Waals surface area contributed by atoms with Gasteiger partial charge in [-0.15, -0.1) is 11.3 Å². The van der Waals surface area contributed by atoms with Crippen LogP contribution in [0.2, 0.25) is 0 Å². The van der Waals surface area contributed by atoms with E-state index in [0.717, 1.165) is 41.7 Å². The maximum Gasteiger partial charge on any atom is 0.0795 e. The fourth-order valence-electron chi connectivity index (χ4n) is 2.23. The minimum absolute atomic E-state index is 0.248. The van der Waals surface area contributed by atoms with E-state index in [1.54, 1.807) is 11.3 Å². The fourth-order valence-corrected chi connectivity index (χ4v) is 3.61. The summed E-state index contributed by atoms with van der Waals surface area (Å²) in [5, 5.41) is 10.3. The van der Waals surface area contributed by atoms with E-state index in [9.17, 15) is 0 Å². The van der Waals surface area contributed by atoms with Gasteiger partial charge >= 0.3 is 0 Å².